The molecule has 4 rings (SSSR count). The van der Waals surface area contributed by atoms with Crippen LogP contribution in [0.15, 0.2) is 41.0 Å². The van der Waals surface area contributed by atoms with Crippen LogP contribution in [0.5, 0.6) is 5.75 Å². The largest absolute Gasteiger partial charge is 0.487 e. The molecule has 0 bridgehead atoms. The highest BCUT2D eigenvalue weighted by molar-refractivity contribution is 5.95. The van der Waals surface area contributed by atoms with Crippen molar-refractivity contribution in [3.05, 3.63) is 53.5 Å². The van der Waals surface area contributed by atoms with Gasteiger partial charge < -0.3 is 14.5 Å². The second-order valence-electron chi connectivity index (χ2n) is 6.30. The van der Waals surface area contributed by atoms with Crippen LogP contribution in [0, 0.1) is 6.92 Å². The Kier molecular flexibility index (Phi) is 2.99. The van der Waals surface area contributed by atoms with E-state index in [1.165, 1.54) is 6.42 Å². The predicted molar refractivity (Wildman–Crippen MR) is 81.9 cm³/mol. The maximum Gasteiger partial charge on any atom is 0.255 e. The summed E-state index contributed by atoms with van der Waals surface area (Å²) >= 11 is 0. The summed E-state index contributed by atoms with van der Waals surface area (Å²) in [5.41, 5.74) is 1.58. The lowest BCUT2D eigenvalue weighted by molar-refractivity contribution is -0.0360. The third kappa shape index (κ3) is 2.10. The van der Waals surface area contributed by atoms with Gasteiger partial charge in [0.15, 0.2) is 0 Å². The van der Waals surface area contributed by atoms with Gasteiger partial charge in [-0.1, -0.05) is 18.2 Å². The smallest absolute Gasteiger partial charge is 0.255 e. The monoisotopic (exact) mass is 297 g/mol. The standard InChI is InChI=1S/C18H19NO3/c1-12-13(7-10-21-12)17(20)19-15-11-18(8-4-9-18)22-16-6-3-2-5-14(15)16/h2-3,5-7,10,15H,4,8-9,11H2,1H3,(H,19,20). The molecule has 1 atom stereocenters. The molecule has 0 radical (unpaired) electrons. The highest BCUT2D eigenvalue weighted by atomic mass is 16.5. The number of hydrogen-bond donors (Lipinski definition) is 1. The van der Waals surface area contributed by atoms with Gasteiger partial charge in [-0.2, -0.15) is 0 Å². The third-order valence-electron chi connectivity index (χ3n) is 4.87. The fourth-order valence-corrected chi connectivity index (χ4v) is 3.48. The van der Waals surface area contributed by atoms with Crippen LogP contribution in [-0.2, 0) is 0 Å². The Morgan fingerprint density at radius 3 is 2.77 bits per heavy atom. The van der Waals surface area contributed by atoms with Crippen LogP contribution in [-0.4, -0.2) is 11.5 Å². The van der Waals surface area contributed by atoms with E-state index < -0.39 is 0 Å². The first kappa shape index (κ1) is 13.4. The van der Waals surface area contributed by atoms with E-state index >= 15 is 0 Å². The molecule has 2 aliphatic rings. The second-order valence-corrected chi connectivity index (χ2v) is 6.30. The molecule has 2 heterocycles. The van der Waals surface area contributed by atoms with E-state index in [9.17, 15) is 4.79 Å². The van der Waals surface area contributed by atoms with Gasteiger partial charge in [0.2, 0.25) is 0 Å². The van der Waals surface area contributed by atoms with E-state index in [1.54, 1.807) is 19.3 Å². The molecule has 2 aromatic rings. The molecule has 1 amide bonds. The highest BCUT2D eigenvalue weighted by Gasteiger charge is 2.45. The van der Waals surface area contributed by atoms with Crippen molar-refractivity contribution >= 4 is 5.91 Å². The normalized spacial score (nSPS) is 21.6. The van der Waals surface area contributed by atoms with Gasteiger partial charge in [-0.25, -0.2) is 0 Å². The molecule has 1 spiro atoms. The highest BCUT2D eigenvalue weighted by Crippen LogP contribution is 2.48. The Bertz CT molecular complexity index is 715. The van der Waals surface area contributed by atoms with Gasteiger partial charge in [0.05, 0.1) is 17.9 Å². The molecule has 4 heteroatoms. The van der Waals surface area contributed by atoms with Gasteiger partial charge in [0.25, 0.3) is 5.91 Å². The van der Waals surface area contributed by atoms with Gasteiger partial charge in [0, 0.05) is 12.0 Å². The summed E-state index contributed by atoms with van der Waals surface area (Å²) in [4.78, 5) is 12.5. The Morgan fingerprint density at radius 1 is 1.27 bits per heavy atom. The van der Waals surface area contributed by atoms with Crippen molar-refractivity contribution in [2.24, 2.45) is 0 Å². The number of carbonyl (C=O) groups is 1. The van der Waals surface area contributed by atoms with E-state index in [4.69, 9.17) is 9.15 Å². The minimum atomic E-state index is -0.0856. The quantitative estimate of drug-likeness (QED) is 0.918. The number of amides is 1. The summed E-state index contributed by atoms with van der Waals surface area (Å²) in [6, 6.07) is 9.71. The van der Waals surface area contributed by atoms with Gasteiger partial charge in [-0.3, -0.25) is 4.79 Å². The first-order valence-corrected chi connectivity index (χ1v) is 7.80. The molecule has 1 aromatic carbocycles. The van der Waals surface area contributed by atoms with E-state index in [0.717, 1.165) is 30.6 Å². The van der Waals surface area contributed by atoms with Crippen molar-refractivity contribution in [3.8, 4) is 5.75 Å². The van der Waals surface area contributed by atoms with Crippen molar-refractivity contribution in [3.63, 3.8) is 0 Å². The number of carbonyl (C=O) groups excluding carboxylic acids is 1. The van der Waals surface area contributed by atoms with Gasteiger partial charge in [0.1, 0.15) is 17.1 Å². The average molecular weight is 297 g/mol. The van der Waals surface area contributed by atoms with Crippen LogP contribution in [0.2, 0.25) is 0 Å². The molecule has 1 saturated carbocycles. The number of hydrogen-bond acceptors (Lipinski definition) is 3. The predicted octanol–water partition coefficient (Wildman–Crippen LogP) is 3.76. The minimum Gasteiger partial charge on any atom is -0.487 e. The summed E-state index contributed by atoms with van der Waals surface area (Å²) in [5, 5.41) is 3.16. The van der Waals surface area contributed by atoms with E-state index in [0.29, 0.717) is 11.3 Å². The zero-order valence-corrected chi connectivity index (χ0v) is 12.6. The first-order chi connectivity index (χ1) is 10.7. The Hall–Kier alpha value is -2.23. The molecule has 1 aliphatic carbocycles. The third-order valence-corrected chi connectivity index (χ3v) is 4.87. The van der Waals surface area contributed by atoms with Crippen molar-refractivity contribution in [2.45, 2.75) is 44.2 Å². The number of fused-ring (bicyclic) bond motifs is 1. The van der Waals surface area contributed by atoms with Crippen molar-refractivity contribution in [1.29, 1.82) is 0 Å². The number of nitrogens with one attached hydrogen (secondary N) is 1. The van der Waals surface area contributed by atoms with Crippen molar-refractivity contribution < 1.29 is 13.9 Å². The molecule has 1 unspecified atom stereocenters. The van der Waals surface area contributed by atoms with Crippen molar-refractivity contribution in [2.75, 3.05) is 0 Å². The van der Waals surface area contributed by atoms with Gasteiger partial charge in [-0.05, 0) is 38.3 Å². The van der Waals surface area contributed by atoms with E-state index in [-0.39, 0.29) is 17.6 Å². The van der Waals surface area contributed by atoms with Gasteiger partial charge in [-0.15, -0.1) is 0 Å². The topological polar surface area (TPSA) is 51.5 Å². The van der Waals surface area contributed by atoms with Crippen LogP contribution >= 0.6 is 0 Å². The van der Waals surface area contributed by atoms with E-state index in [2.05, 4.69) is 5.32 Å². The lowest BCUT2D eigenvalue weighted by Crippen LogP contribution is -2.49. The molecule has 4 nitrogen and oxygen atoms in total. The number of furan rings is 1. The first-order valence-electron chi connectivity index (χ1n) is 7.80. The van der Waals surface area contributed by atoms with Crippen LogP contribution in [0.4, 0.5) is 0 Å². The lowest BCUT2D eigenvalue weighted by atomic mass is 9.73. The maximum atomic E-state index is 12.5. The number of benzene rings is 1. The van der Waals surface area contributed by atoms with Crippen LogP contribution in [0.1, 0.15) is 53.4 Å². The molecule has 114 valence electrons. The molecule has 1 fully saturated rings. The Balaban J connectivity index is 1.63. The van der Waals surface area contributed by atoms with Crippen LogP contribution in [0.3, 0.4) is 0 Å². The fraction of sp³-hybridized carbons (Fsp3) is 0.389. The molecule has 1 N–H and O–H groups in total. The molecule has 1 aliphatic heterocycles. The minimum absolute atomic E-state index is 0.00736. The average Bonchev–Trinajstić information content (AvgIpc) is 2.91. The van der Waals surface area contributed by atoms with Crippen molar-refractivity contribution in [1.82, 2.24) is 5.32 Å². The lowest BCUT2D eigenvalue weighted by Gasteiger charge is -2.48. The summed E-state index contributed by atoms with van der Waals surface area (Å²) < 4.78 is 11.4. The number of ether oxygens (including phenoxy) is 1. The summed E-state index contributed by atoms with van der Waals surface area (Å²) in [6.45, 7) is 1.81. The van der Waals surface area contributed by atoms with Crippen LogP contribution in [0.25, 0.3) is 0 Å². The number of para-hydroxylation sites is 1. The van der Waals surface area contributed by atoms with E-state index in [1.807, 2.05) is 24.3 Å². The summed E-state index contributed by atoms with van der Waals surface area (Å²) in [5.74, 6) is 1.47. The molecule has 0 saturated heterocycles. The number of aryl methyl sites for hydroxylation is 1. The van der Waals surface area contributed by atoms with Gasteiger partial charge >= 0.3 is 0 Å². The summed E-state index contributed by atoms with van der Waals surface area (Å²) in [7, 11) is 0. The zero-order chi connectivity index (χ0) is 15.2. The Morgan fingerprint density at radius 2 is 2.09 bits per heavy atom. The van der Waals surface area contributed by atoms with Crippen LogP contribution < -0.4 is 10.1 Å². The fourth-order valence-electron chi connectivity index (χ4n) is 3.48. The molecule has 22 heavy (non-hydrogen) atoms. The molecule has 1 aromatic heterocycles. The second kappa shape index (κ2) is 4.90. The SMILES string of the molecule is Cc1occc1C(=O)NC1CC2(CCC2)Oc2ccccc21. The number of rotatable bonds is 2. The Labute approximate surface area is 129 Å². The molecular weight excluding hydrogens is 278 g/mol. The maximum absolute atomic E-state index is 12.5. The molecular formula is C18H19NO3. The zero-order valence-electron chi connectivity index (χ0n) is 12.6. The summed E-state index contributed by atoms with van der Waals surface area (Å²) in [6.07, 6.45) is 5.73.